The summed E-state index contributed by atoms with van der Waals surface area (Å²) in [5.74, 6) is -0.0641. The van der Waals surface area contributed by atoms with E-state index in [-0.39, 0.29) is 18.5 Å². The summed E-state index contributed by atoms with van der Waals surface area (Å²) < 4.78 is 5.46. The van der Waals surface area contributed by atoms with Gasteiger partial charge in [0.15, 0.2) is 0 Å². The van der Waals surface area contributed by atoms with E-state index < -0.39 is 12.1 Å². The van der Waals surface area contributed by atoms with Gasteiger partial charge in [0.25, 0.3) is 0 Å². The van der Waals surface area contributed by atoms with E-state index in [1.807, 2.05) is 6.08 Å². The third-order valence-electron chi connectivity index (χ3n) is 14.4. The van der Waals surface area contributed by atoms with Crippen molar-refractivity contribution in [3.05, 3.63) is 36.5 Å². The molecule has 0 spiro atoms. The van der Waals surface area contributed by atoms with Crippen LogP contribution in [-0.4, -0.2) is 47.4 Å². The summed E-state index contributed by atoms with van der Waals surface area (Å²) in [5.41, 5.74) is 0. The summed E-state index contributed by atoms with van der Waals surface area (Å²) in [4.78, 5) is 24.5. The highest BCUT2D eigenvalue weighted by Crippen LogP contribution is 2.17. The Bertz CT molecular complexity index is 1130. The minimum atomic E-state index is -0.849. The van der Waals surface area contributed by atoms with Crippen LogP contribution in [0, 0.1) is 0 Å². The van der Waals surface area contributed by atoms with Crippen LogP contribution in [0.25, 0.3) is 0 Å². The normalized spacial score (nSPS) is 12.8. The zero-order chi connectivity index (χ0) is 50.7. The molecule has 0 aromatic carbocycles. The Hall–Kier alpha value is -1.92. The number of hydrogen-bond acceptors (Lipinski definition) is 5. The van der Waals surface area contributed by atoms with Gasteiger partial charge in [0.2, 0.25) is 5.91 Å². The van der Waals surface area contributed by atoms with Gasteiger partial charge in [-0.15, -0.1) is 0 Å². The van der Waals surface area contributed by atoms with Gasteiger partial charge in [-0.25, -0.2) is 0 Å². The molecule has 3 N–H and O–H groups in total. The molecule has 0 aliphatic rings. The minimum Gasteiger partial charge on any atom is -0.466 e. The fraction of sp³-hybridized carbons (Fsp3) is 0.875. The molecule has 0 aliphatic carbocycles. The summed E-state index contributed by atoms with van der Waals surface area (Å²) in [6, 6.07) is -0.633. The van der Waals surface area contributed by atoms with Crippen molar-refractivity contribution in [2.75, 3.05) is 13.2 Å². The fourth-order valence-electron chi connectivity index (χ4n) is 9.61. The number of esters is 1. The Morgan fingerprint density at radius 2 is 0.714 bits per heavy atom. The molecule has 0 fully saturated rings. The number of allylic oxidation sites excluding steroid dienone is 5. The molecular weight excluding hydrogens is 863 g/mol. The van der Waals surface area contributed by atoms with Crippen LogP contribution >= 0.6 is 0 Å². The van der Waals surface area contributed by atoms with Crippen LogP contribution in [-0.2, 0) is 14.3 Å². The van der Waals surface area contributed by atoms with Gasteiger partial charge in [-0.3, -0.25) is 9.59 Å². The van der Waals surface area contributed by atoms with E-state index in [0.717, 1.165) is 44.9 Å². The van der Waals surface area contributed by atoms with Gasteiger partial charge in [-0.1, -0.05) is 294 Å². The second-order valence-electron chi connectivity index (χ2n) is 21.4. The van der Waals surface area contributed by atoms with E-state index in [9.17, 15) is 19.8 Å². The standard InChI is InChI=1S/C64H121NO5/c1-3-5-7-9-11-13-15-16-17-27-30-33-37-40-44-48-52-56-62(67)61(60-66)65-63(68)57-53-49-45-41-38-34-31-28-25-23-21-19-18-20-22-24-26-29-32-35-39-43-47-51-55-59-70-64(69)58-54-50-46-42-36-14-12-10-8-6-4-2/h19-22,52,56,61-62,66-67H,3-18,23-51,53-55,57-60H2,1-2H3,(H,65,68)/b21-19-,22-20-,56-52+. The first-order chi connectivity index (χ1) is 34.5. The molecule has 0 rings (SSSR count). The second-order valence-corrected chi connectivity index (χ2v) is 21.4. The Labute approximate surface area is 436 Å². The van der Waals surface area contributed by atoms with Crippen LogP contribution in [0.15, 0.2) is 36.5 Å². The first kappa shape index (κ1) is 68.1. The molecule has 6 heteroatoms. The molecule has 0 saturated heterocycles. The molecule has 2 unspecified atom stereocenters. The predicted molar refractivity (Wildman–Crippen MR) is 306 cm³/mol. The SMILES string of the molecule is CCCCCCCCCCCCCCCCC/C=C/C(O)C(CO)NC(=O)CCCCCCCCCCC/C=C\C/C=C\CCCCCCCCCCCOC(=O)CCCCCCCCCCCCC. The van der Waals surface area contributed by atoms with E-state index >= 15 is 0 Å². The number of aliphatic hydroxyl groups is 2. The lowest BCUT2D eigenvalue weighted by atomic mass is 10.0. The third kappa shape index (κ3) is 55.4. The van der Waals surface area contributed by atoms with Gasteiger partial charge in [0.1, 0.15) is 0 Å². The largest absolute Gasteiger partial charge is 0.466 e. The number of ether oxygens (including phenoxy) is 1. The lowest BCUT2D eigenvalue weighted by Crippen LogP contribution is -2.45. The van der Waals surface area contributed by atoms with E-state index in [4.69, 9.17) is 4.74 Å². The summed E-state index contributed by atoms with van der Waals surface area (Å²) in [6.07, 6.45) is 74.7. The topological polar surface area (TPSA) is 95.9 Å². The highest BCUT2D eigenvalue weighted by molar-refractivity contribution is 5.76. The van der Waals surface area contributed by atoms with E-state index in [1.165, 1.54) is 263 Å². The van der Waals surface area contributed by atoms with Crippen molar-refractivity contribution < 1.29 is 24.5 Å². The van der Waals surface area contributed by atoms with Gasteiger partial charge in [-0.05, 0) is 64.2 Å². The van der Waals surface area contributed by atoms with Crippen molar-refractivity contribution in [1.82, 2.24) is 5.32 Å². The Morgan fingerprint density at radius 3 is 1.09 bits per heavy atom. The van der Waals surface area contributed by atoms with Crippen LogP contribution in [0.4, 0.5) is 0 Å². The molecule has 0 radical (unpaired) electrons. The van der Waals surface area contributed by atoms with Crippen LogP contribution < -0.4 is 5.32 Å². The number of rotatable bonds is 58. The van der Waals surface area contributed by atoms with E-state index in [1.54, 1.807) is 6.08 Å². The van der Waals surface area contributed by atoms with Gasteiger partial charge >= 0.3 is 5.97 Å². The Balaban J connectivity index is 3.47. The number of amides is 1. The summed E-state index contributed by atoms with van der Waals surface area (Å²) in [7, 11) is 0. The number of nitrogens with one attached hydrogen (secondary N) is 1. The summed E-state index contributed by atoms with van der Waals surface area (Å²) in [6.45, 7) is 4.91. The first-order valence-corrected chi connectivity index (χ1v) is 31.3. The lowest BCUT2D eigenvalue weighted by Gasteiger charge is -2.20. The number of unbranched alkanes of at least 4 members (excludes halogenated alkanes) is 43. The van der Waals surface area contributed by atoms with Crippen LogP contribution in [0.2, 0.25) is 0 Å². The minimum absolute atomic E-state index is 0.00822. The third-order valence-corrected chi connectivity index (χ3v) is 14.4. The average Bonchev–Trinajstić information content (AvgIpc) is 3.36. The number of carbonyl (C=O) groups is 2. The van der Waals surface area contributed by atoms with E-state index in [2.05, 4.69) is 43.5 Å². The fourth-order valence-corrected chi connectivity index (χ4v) is 9.61. The highest BCUT2D eigenvalue weighted by atomic mass is 16.5. The van der Waals surface area contributed by atoms with Gasteiger partial charge < -0.3 is 20.3 Å². The average molecular weight is 985 g/mol. The molecule has 70 heavy (non-hydrogen) atoms. The maximum Gasteiger partial charge on any atom is 0.305 e. The van der Waals surface area contributed by atoms with E-state index in [0.29, 0.717) is 19.4 Å². The summed E-state index contributed by atoms with van der Waals surface area (Å²) in [5, 5.41) is 23.2. The van der Waals surface area contributed by atoms with Crippen LogP contribution in [0.3, 0.4) is 0 Å². The maximum atomic E-state index is 12.5. The van der Waals surface area contributed by atoms with Crippen LogP contribution in [0.5, 0.6) is 0 Å². The Kier molecular flexibility index (Phi) is 58.0. The van der Waals surface area contributed by atoms with Crippen molar-refractivity contribution in [1.29, 1.82) is 0 Å². The first-order valence-electron chi connectivity index (χ1n) is 31.3. The Morgan fingerprint density at radius 1 is 0.400 bits per heavy atom. The number of carbonyl (C=O) groups excluding carboxylic acids is 2. The molecule has 0 aromatic rings. The molecule has 1 amide bonds. The molecule has 0 saturated carbocycles. The number of hydrogen-bond donors (Lipinski definition) is 3. The van der Waals surface area contributed by atoms with Crippen molar-refractivity contribution in [2.24, 2.45) is 0 Å². The summed E-state index contributed by atoms with van der Waals surface area (Å²) >= 11 is 0. The molecule has 2 atom stereocenters. The van der Waals surface area contributed by atoms with Crippen molar-refractivity contribution in [2.45, 2.75) is 347 Å². The predicted octanol–water partition coefficient (Wildman–Crippen LogP) is 19.6. The quantitative estimate of drug-likeness (QED) is 0.0321. The highest BCUT2D eigenvalue weighted by Gasteiger charge is 2.18. The van der Waals surface area contributed by atoms with Gasteiger partial charge in [0.05, 0.1) is 25.4 Å². The molecule has 6 nitrogen and oxygen atoms in total. The molecule has 412 valence electrons. The maximum absolute atomic E-state index is 12.5. The van der Waals surface area contributed by atoms with Gasteiger partial charge in [0, 0.05) is 12.8 Å². The van der Waals surface area contributed by atoms with Crippen LogP contribution in [0.1, 0.15) is 335 Å². The van der Waals surface area contributed by atoms with Gasteiger partial charge in [-0.2, -0.15) is 0 Å². The lowest BCUT2D eigenvalue weighted by molar-refractivity contribution is -0.143. The molecule has 0 heterocycles. The number of aliphatic hydroxyl groups excluding tert-OH is 2. The van der Waals surface area contributed by atoms with Crippen molar-refractivity contribution in [3.63, 3.8) is 0 Å². The van der Waals surface area contributed by atoms with Crippen molar-refractivity contribution in [3.8, 4) is 0 Å². The smallest absolute Gasteiger partial charge is 0.305 e. The zero-order valence-corrected chi connectivity index (χ0v) is 47.0. The zero-order valence-electron chi connectivity index (χ0n) is 47.0. The molecule has 0 aliphatic heterocycles. The monoisotopic (exact) mass is 984 g/mol. The molecule has 0 bridgehead atoms. The second kappa shape index (κ2) is 59.6. The molecular formula is C64H121NO5. The molecule has 0 aromatic heterocycles. The van der Waals surface area contributed by atoms with Crippen molar-refractivity contribution >= 4 is 11.9 Å².